The molecule has 0 radical (unpaired) electrons. The molecule has 2 N–H and O–H groups in total. The molecule has 0 bridgehead atoms. The van der Waals surface area contributed by atoms with E-state index in [4.69, 9.17) is 4.74 Å². The van der Waals surface area contributed by atoms with Crippen molar-refractivity contribution >= 4 is 23.3 Å². The van der Waals surface area contributed by atoms with Crippen LogP contribution in [-0.4, -0.2) is 43.3 Å². The number of benzene rings is 2. The van der Waals surface area contributed by atoms with Crippen molar-refractivity contribution in [3.8, 4) is 0 Å². The maximum Gasteiger partial charge on any atom is 0.416 e. The number of anilines is 2. The average molecular weight is 436 g/mol. The fourth-order valence-corrected chi connectivity index (χ4v) is 3.56. The van der Waals surface area contributed by atoms with E-state index in [0.717, 1.165) is 12.1 Å². The zero-order valence-electron chi connectivity index (χ0n) is 16.7. The Morgan fingerprint density at radius 3 is 2.35 bits per heavy atom. The van der Waals surface area contributed by atoms with Crippen LogP contribution >= 0.6 is 0 Å². The minimum atomic E-state index is -4.56. The lowest BCUT2D eigenvalue weighted by atomic mass is 9.92. The van der Waals surface area contributed by atoms with Gasteiger partial charge in [0.1, 0.15) is 0 Å². The number of nitrogens with zero attached hydrogens (tertiary/aromatic N) is 1. The number of hydrogen-bond donors (Lipinski definition) is 2. The predicted octanol–water partition coefficient (Wildman–Crippen LogP) is 4.13. The topological polar surface area (TPSA) is 78.9 Å². The highest BCUT2D eigenvalue weighted by Gasteiger charge is 2.32. The third-order valence-corrected chi connectivity index (χ3v) is 5.07. The Hall–Kier alpha value is -3.07. The van der Waals surface area contributed by atoms with E-state index in [9.17, 15) is 27.9 Å². The lowest BCUT2D eigenvalue weighted by Gasteiger charge is -2.31. The number of hydrogen-bond acceptors (Lipinski definition) is 4. The minimum absolute atomic E-state index is 0.0452. The average Bonchev–Trinajstić information content (AvgIpc) is 2.73. The summed E-state index contributed by atoms with van der Waals surface area (Å²) in [4.78, 5) is 25.9. The maximum atomic E-state index is 13.2. The Morgan fingerprint density at radius 2 is 1.74 bits per heavy atom. The summed E-state index contributed by atoms with van der Waals surface area (Å²) < 4.78 is 45.0. The van der Waals surface area contributed by atoms with Gasteiger partial charge in [-0.1, -0.05) is 30.3 Å². The van der Waals surface area contributed by atoms with Crippen LogP contribution < -0.4 is 10.2 Å². The van der Waals surface area contributed by atoms with Gasteiger partial charge >= 0.3 is 12.1 Å². The van der Waals surface area contributed by atoms with Crippen molar-refractivity contribution < 1.29 is 32.6 Å². The molecule has 0 aromatic heterocycles. The summed E-state index contributed by atoms with van der Waals surface area (Å²) in [5.74, 6) is -2.21. The molecule has 2 aromatic carbocycles. The number of carbonyl (C=O) groups excluding carboxylic acids is 1. The smallest absolute Gasteiger partial charge is 0.416 e. The Bertz CT molecular complexity index is 913. The molecular formula is C22H23F3N2O4. The van der Waals surface area contributed by atoms with Crippen molar-refractivity contribution in [1.82, 2.24) is 0 Å². The summed E-state index contributed by atoms with van der Waals surface area (Å²) >= 11 is 0. The number of ether oxygens (including phenoxy) is 1. The molecule has 31 heavy (non-hydrogen) atoms. The van der Waals surface area contributed by atoms with E-state index >= 15 is 0 Å². The van der Waals surface area contributed by atoms with Gasteiger partial charge in [-0.2, -0.15) is 13.2 Å². The molecule has 166 valence electrons. The molecule has 6 nitrogen and oxygen atoms in total. The lowest BCUT2D eigenvalue weighted by Crippen LogP contribution is -2.37. The summed E-state index contributed by atoms with van der Waals surface area (Å²) in [6.45, 7) is 1.84. The molecule has 1 heterocycles. The second kappa shape index (κ2) is 9.82. The first kappa shape index (κ1) is 22.6. The molecule has 1 unspecified atom stereocenters. The highest BCUT2D eigenvalue weighted by molar-refractivity contribution is 5.95. The zero-order valence-corrected chi connectivity index (χ0v) is 16.7. The first-order valence-electron chi connectivity index (χ1n) is 9.84. The fourth-order valence-electron chi connectivity index (χ4n) is 3.56. The molecule has 1 atom stereocenters. The van der Waals surface area contributed by atoms with Crippen LogP contribution in [0.5, 0.6) is 0 Å². The van der Waals surface area contributed by atoms with Crippen molar-refractivity contribution in [1.29, 1.82) is 0 Å². The van der Waals surface area contributed by atoms with Crippen molar-refractivity contribution in [3.05, 3.63) is 59.7 Å². The Balaban J connectivity index is 1.84. The normalized spacial score (nSPS) is 15.4. The molecular weight excluding hydrogens is 413 g/mol. The highest BCUT2D eigenvalue weighted by atomic mass is 19.4. The van der Waals surface area contributed by atoms with Crippen LogP contribution in [0, 0.1) is 0 Å². The van der Waals surface area contributed by atoms with Crippen LogP contribution in [0.3, 0.4) is 0 Å². The number of morpholine rings is 1. The second-order valence-electron chi connectivity index (χ2n) is 7.29. The molecule has 1 fully saturated rings. The van der Waals surface area contributed by atoms with E-state index in [1.807, 2.05) is 4.90 Å². The summed E-state index contributed by atoms with van der Waals surface area (Å²) in [5, 5.41) is 11.8. The van der Waals surface area contributed by atoms with Crippen molar-refractivity contribution in [2.75, 3.05) is 36.5 Å². The number of halogens is 3. The Kier molecular flexibility index (Phi) is 7.17. The third-order valence-electron chi connectivity index (χ3n) is 5.07. The van der Waals surface area contributed by atoms with Gasteiger partial charge in [-0.05, 0) is 23.8 Å². The number of aliphatic carboxylic acids is 1. The quantitative estimate of drug-likeness (QED) is 0.683. The van der Waals surface area contributed by atoms with Gasteiger partial charge in [0, 0.05) is 25.4 Å². The molecule has 2 aromatic rings. The standard InChI is InChI=1S/C22H23F3N2O4/c23-22(24,25)17-6-7-19(27-8-10-31-11-9-27)18(14-17)26-20(28)12-16(13-21(29)30)15-4-2-1-3-5-15/h1-7,14,16H,8-13H2,(H,26,28)(H,29,30). The number of carboxylic acids is 1. The van der Waals surface area contributed by atoms with Crippen LogP contribution in [0.4, 0.5) is 24.5 Å². The molecule has 3 rings (SSSR count). The number of carbonyl (C=O) groups is 2. The molecule has 1 amide bonds. The van der Waals surface area contributed by atoms with E-state index in [1.165, 1.54) is 6.07 Å². The molecule has 0 spiro atoms. The molecule has 1 aliphatic rings. The van der Waals surface area contributed by atoms with Crippen LogP contribution in [-0.2, 0) is 20.5 Å². The van der Waals surface area contributed by atoms with Gasteiger partial charge in [0.2, 0.25) is 5.91 Å². The van der Waals surface area contributed by atoms with Crippen LogP contribution in [0.15, 0.2) is 48.5 Å². The van der Waals surface area contributed by atoms with E-state index in [0.29, 0.717) is 37.6 Å². The summed E-state index contributed by atoms with van der Waals surface area (Å²) in [5.41, 5.74) is 0.324. The van der Waals surface area contributed by atoms with Crippen molar-refractivity contribution in [3.63, 3.8) is 0 Å². The molecule has 1 aliphatic heterocycles. The van der Waals surface area contributed by atoms with Gasteiger partial charge in [0.15, 0.2) is 0 Å². The number of rotatable bonds is 7. The van der Waals surface area contributed by atoms with Gasteiger partial charge in [-0.25, -0.2) is 0 Å². The summed E-state index contributed by atoms with van der Waals surface area (Å²) in [7, 11) is 0. The van der Waals surface area contributed by atoms with E-state index in [1.54, 1.807) is 30.3 Å². The van der Waals surface area contributed by atoms with Crippen molar-refractivity contribution in [2.45, 2.75) is 24.9 Å². The van der Waals surface area contributed by atoms with Crippen LogP contribution in [0.2, 0.25) is 0 Å². The van der Waals surface area contributed by atoms with Crippen molar-refractivity contribution in [2.24, 2.45) is 0 Å². The number of nitrogens with one attached hydrogen (secondary N) is 1. The molecule has 9 heteroatoms. The van der Waals surface area contributed by atoms with Crippen LogP contribution in [0.25, 0.3) is 0 Å². The number of alkyl halides is 3. The first-order valence-corrected chi connectivity index (χ1v) is 9.84. The third kappa shape index (κ3) is 6.21. The Labute approximate surface area is 177 Å². The highest BCUT2D eigenvalue weighted by Crippen LogP contribution is 2.36. The van der Waals surface area contributed by atoms with E-state index in [-0.39, 0.29) is 18.5 Å². The van der Waals surface area contributed by atoms with E-state index in [2.05, 4.69) is 5.32 Å². The van der Waals surface area contributed by atoms with Gasteiger partial charge in [-0.15, -0.1) is 0 Å². The zero-order chi connectivity index (χ0) is 22.4. The van der Waals surface area contributed by atoms with Gasteiger partial charge in [0.05, 0.1) is 36.6 Å². The lowest BCUT2D eigenvalue weighted by molar-refractivity contribution is -0.138. The number of amides is 1. The largest absolute Gasteiger partial charge is 0.481 e. The molecule has 0 aliphatic carbocycles. The molecule has 0 saturated carbocycles. The molecule has 1 saturated heterocycles. The monoisotopic (exact) mass is 436 g/mol. The summed E-state index contributed by atoms with van der Waals surface area (Å²) in [6, 6.07) is 12.0. The SMILES string of the molecule is O=C(O)CC(CC(=O)Nc1cc(C(F)(F)F)ccc1N1CCOCC1)c1ccccc1. The fraction of sp³-hybridized carbons (Fsp3) is 0.364. The van der Waals surface area contributed by atoms with Gasteiger partial charge < -0.3 is 20.1 Å². The van der Waals surface area contributed by atoms with Crippen LogP contribution in [0.1, 0.15) is 29.9 Å². The minimum Gasteiger partial charge on any atom is -0.481 e. The van der Waals surface area contributed by atoms with E-state index < -0.39 is 29.5 Å². The van der Waals surface area contributed by atoms with Gasteiger partial charge in [0.25, 0.3) is 0 Å². The maximum absolute atomic E-state index is 13.2. The predicted molar refractivity (Wildman–Crippen MR) is 109 cm³/mol. The Morgan fingerprint density at radius 1 is 1.06 bits per heavy atom. The summed E-state index contributed by atoms with van der Waals surface area (Å²) in [6.07, 6.45) is -5.00. The van der Waals surface area contributed by atoms with Gasteiger partial charge in [-0.3, -0.25) is 9.59 Å². The number of carboxylic acid groups (broad SMARTS) is 1. The first-order chi connectivity index (χ1) is 14.7. The second-order valence-corrected chi connectivity index (χ2v) is 7.29.